The van der Waals surface area contributed by atoms with Crippen molar-refractivity contribution in [2.75, 3.05) is 12.8 Å². The highest BCUT2D eigenvalue weighted by Crippen LogP contribution is 2.18. The maximum atomic E-state index is 11.6. The molecule has 0 amide bonds. The third-order valence-electron chi connectivity index (χ3n) is 3.19. The van der Waals surface area contributed by atoms with E-state index in [2.05, 4.69) is 18.8 Å². The number of unbranched alkanes of at least 4 members (excludes halogenated alkanes) is 1. The Morgan fingerprint density at radius 1 is 1.42 bits per heavy atom. The van der Waals surface area contributed by atoms with E-state index < -0.39 is 5.97 Å². The molecule has 2 N–H and O–H groups in total. The fraction of sp³-hybridized carbons (Fsp3) is 0.714. The van der Waals surface area contributed by atoms with Crippen LogP contribution in [0.4, 0.5) is 5.82 Å². The van der Waals surface area contributed by atoms with Crippen molar-refractivity contribution in [2.45, 2.75) is 53.0 Å². The summed E-state index contributed by atoms with van der Waals surface area (Å²) in [5.41, 5.74) is 6.24. The molecule has 1 heterocycles. The Hall–Kier alpha value is -1.52. The van der Waals surface area contributed by atoms with Crippen LogP contribution < -0.4 is 5.73 Å². The van der Waals surface area contributed by atoms with Gasteiger partial charge in [-0.2, -0.15) is 0 Å². The smallest absolute Gasteiger partial charge is 0.360 e. The number of methoxy groups -OCH3 is 1. The zero-order valence-electron chi connectivity index (χ0n) is 12.4. The number of aryl methyl sites for hydroxylation is 1. The molecule has 0 fully saturated rings. The van der Waals surface area contributed by atoms with E-state index in [-0.39, 0.29) is 5.69 Å². The van der Waals surface area contributed by atoms with Crippen LogP contribution in [0.2, 0.25) is 0 Å². The Kier molecular flexibility index (Phi) is 5.86. The molecule has 108 valence electrons. The number of imidazole rings is 1. The highest BCUT2D eigenvalue weighted by atomic mass is 16.5. The van der Waals surface area contributed by atoms with Gasteiger partial charge in [0.05, 0.1) is 7.11 Å². The summed E-state index contributed by atoms with van der Waals surface area (Å²) in [6.07, 6.45) is 4.17. The first kappa shape index (κ1) is 15.5. The maximum Gasteiger partial charge on any atom is 0.360 e. The molecule has 0 spiro atoms. The Bertz CT molecular complexity index is 425. The Morgan fingerprint density at radius 2 is 2.11 bits per heavy atom. The van der Waals surface area contributed by atoms with Crippen molar-refractivity contribution in [3.63, 3.8) is 0 Å². The van der Waals surface area contributed by atoms with E-state index in [0.717, 1.165) is 37.5 Å². The number of ether oxygens (including phenoxy) is 1. The largest absolute Gasteiger partial charge is 0.464 e. The summed E-state index contributed by atoms with van der Waals surface area (Å²) in [4.78, 5) is 15.8. The number of carbonyl (C=O) groups excluding carboxylic acids is 1. The van der Waals surface area contributed by atoms with E-state index in [1.165, 1.54) is 13.5 Å². The van der Waals surface area contributed by atoms with Gasteiger partial charge < -0.3 is 15.0 Å². The highest BCUT2D eigenvalue weighted by Gasteiger charge is 2.19. The summed E-state index contributed by atoms with van der Waals surface area (Å²) in [6, 6.07) is 0. The third-order valence-corrected chi connectivity index (χ3v) is 3.19. The van der Waals surface area contributed by atoms with Crippen LogP contribution in [0.3, 0.4) is 0 Å². The molecule has 0 saturated heterocycles. The number of anilines is 1. The monoisotopic (exact) mass is 267 g/mol. The summed E-state index contributed by atoms with van der Waals surface area (Å²) in [5.74, 6) is 1.53. The van der Waals surface area contributed by atoms with Crippen LogP contribution in [-0.2, 0) is 17.7 Å². The van der Waals surface area contributed by atoms with E-state index in [1.807, 2.05) is 11.5 Å². The van der Waals surface area contributed by atoms with Crippen molar-refractivity contribution in [1.82, 2.24) is 9.55 Å². The van der Waals surface area contributed by atoms with Crippen LogP contribution >= 0.6 is 0 Å². The van der Waals surface area contributed by atoms with Gasteiger partial charge in [0.15, 0.2) is 5.69 Å². The molecule has 5 nitrogen and oxygen atoms in total. The van der Waals surface area contributed by atoms with Gasteiger partial charge in [0.1, 0.15) is 11.6 Å². The molecular formula is C14H25N3O2. The zero-order chi connectivity index (χ0) is 14.4. The molecule has 0 bridgehead atoms. The minimum absolute atomic E-state index is 0.239. The minimum Gasteiger partial charge on any atom is -0.464 e. The summed E-state index contributed by atoms with van der Waals surface area (Å²) in [6.45, 7) is 7.26. The lowest BCUT2D eigenvalue weighted by molar-refractivity contribution is 0.0595. The van der Waals surface area contributed by atoms with Crippen molar-refractivity contribution in [3.8, 4) is 0 Å². The van der Waals surface area contributed by atoms with Crippen molar-refractivity contribution in [2.24, 2.45) is 5.92 Å². The van der Waals surface area contributed by atoms with E-state index in [9.17, 15) is 4.79 Å². The molecule has 0 atom stereocenters. The van der Waals surface area contributed by atoms with Crippen molar-refractivity contribution < 1.29 is 9.53 Å². The first-order valence-electron chi connectivity index (χ1n) is 6.94. The number of esters is 1. The summed E-state index contributed by atoms with van der Waals surface area (Å²) in [5, 5.41) is 0. The van der Waals surface area contributed by atoms with Gasteiger partial charge in [0.2, 0.25) is 0 Å². The molecule has 0 saturated carbocycles. The lowest BCUT2D eigenvalue weighted by atomic mass is 10.1. The number of hydrogen-bond donors (Lipinski definition) is 1. The van der Waals surface area contributed by atoms with Crippen LogP contribution in [0.15, 0.2) is 0 Å². The molecule has 1 rings (SSSR count). The van der Waals surface area contributed by atoms with E-state index in [4.69, 9.17) is 10.5 Å². The molecule has 1 aromatic rings. The average Bonchev–Trinajstić information content (AvgIpc) is 2.70. The Labute approximate surface area is 115 Å². The fourth-order valence-corrected chi connectivity index (χ4v) is 2.10. The van der Waals surface area contributed by atoms with Crippen molar-refractivity contribution in [3.05, 3.63) is 11.5 Å². The second-order valence-corrected chi connectivity index (χ2v) is 5.15. The molecule has 0 aliphatic heterocycles. The van der Waals surface area contributed by atoms with E-state index in [1.54, 1.807) is 0 Å². The van der Waals surface area contributed by atoms with Gasteiger partial charge in [-0.3, -0.25) is 0 Å². The molecule has 19 heavy (non-hydrogen) atoms. The van der Waals surface area contributed by atoms with Gasteiger partial charge in [-0.15, -0.1) is 0 Å². The molecule has 0 aromatic carbocycles. The van der Waals surface area contributed by atoms with E-state index in [0.29, 0.717) is 5.82 Å². The van der Waals surface area contributed by atoms with Crippen molar-refractivity contribution >= 4 is 11.8 Å². The Balaban J connectivity index is 2.76. The number of aromatic nitrogens is 2. The van der Waals surface area contributed by atoms with Gasteiger partial charge in [0, 0.05) is 13.0 Å². The highest BCUT2D eigenvalue weighted by molar-refractivity contribution is 5.92. The first-order valence-corrected chi connectivity index (χ1v) is 6.94. The Morgan fingerprint density at radius 3 is 2.63 bits per heavy atom. The fourth-order valence-electron chi connectivity index (χ4n) is 2.10. The third kappa shape index (κ3) is 3.98. The van der Waals surface area contributed by atoms with Gasteiger partial charge in [0.25, 0.3) is 0 Å². The van der Waals surface area contributed by atoms with Gasteiger partial charge in [-0.25, -0.2) is 9.78 Å². The number of rotatable bonds is 7. The number of hydrogen-bond acceptors (Lipinski definition) is 4. The SMILES string of the molecule is CCc1nc(C(=O)OC)c(N)n1CCCCC(C)C. The molecule has 0 radical (unpaired) electrons. The standard InChI is InChI=1S/C14H25N3O2/c1-5-11-16-12(14(18)19-4)13(15)17(11)9-7-6-8-10(2)3/h10H,5-9,15H2,1-4H3. The molecule has 0 unspecified atom stereocenters. The second-order valence-electron chi connectivity index (χ2n) is 5.15. The lowest BCUT2D eigenvalue weighted by Crippen LogP contribution is -2.09. The van der Waals surface area contributed by atoms with Gasteiger partial charge >= 0.3 is 5.97 Å². The number of nitrogen functional groups attached to an aromatic ring is 1. The maximum absolute atomic E-state index is 11.6. The van der Waals surface area contributed by atoms with Gasteiger partial charge in [-0.05, 0) is 12.3 Å². The van der Waals surface area contributed by atoms with Crippen LogP contribution in [-0.4, -0.2) is 22.6 Å². The molecule has 0 aliphatic rings. The topological polar surface area (TPSA) is 70.1 Å². The second kappa shape index (κ2) is 7.16. The molecule has 0 aliphatic carbocycles. The minimum atomic E-state index is -0.465. The van der Waals surface area contributed by atoms with Crippen LogP contribution in [0.1, 0.15) is 56.3 Å². The summed E-state index contributed by atoms with van der Waals surface area (Å²) < 4.78 is 6.63. The van der Waals surface area contributed by atoms with Gasteiger partial charge in [-0.1, -0.05) is 33.6 Å². The quantitative estimate of drug-likeness (QED) is 0.609. The number of nitrogens with zero attached hydrogens (tertiary/aromatic N) is 2. The van der Waals surface area contributed by atoms with Crippen molar-refractivity contribution in [1.29, 1.82) is 0 Å². The first-order chi connectivity index (χ1) is 9.01. The number of carbonyl (C=O) groups is 1. The summed E-state index contributed by atoms with van der Waals surface area (Å²) in [7, 11) is 1.34. The molecule has 5 heteroatoms. The molecule has 1 aromatic heterocycles. The van der Waals surface area contributed by atoms with Crippen LogP contribution in [0.25, 0.3) is 0 Å². The normalized spacial score (nSPS) is 11.0. The van der Waals surface area contributed by atoms with Crippen LogP contribution in [0, 0.1) is 5.92 Å². The lowest BCUT2D eigenvalue weighted by Gasteiger charge is -2.09. The van der Waals surface area contributed by atoms with Crippen LogP contribution in [0.5, 0.6) is 0 Å². The van der Waals surface area contributed by atoms with E-state index >= 15 is 0 Å². The average molecular weight is 267 g/mol. The summed E-state index contributed by atoms with van der Waals surface area (Å²) >= 11 is 0. The number of nitrogens with two attached hydrogens (primary N) is 1. The zero-order valence-corrected chi connectivity index (χ0v) is 12.4. The molecular weight excluding hydrogens is 242 g/mol. The predicted octanol–water partition coefficient (Wildman–Crippen LogP) is 2.64. The predicted molar refractivity (Wildman–Crippen MR) is 76.0 cm³/mol.